The van der Waals surface area contributed by atoms with Crippen LogP contribution in [0.4, 0.5) is 0 Å². The van der Waals surface area contributed by atoms with Gasteiger partial charge in [-0.3, -0.25) is 4.98 Å². The largest absolute Gasteiger partial charge is 0.258 e. The summed E-state index contributed by atoms with van der Waals surface area (Å²) in [7, 11) is 0. The van der Waals surface area contributed by atoms with E-state index in [-0.39, 0.29) is 0 Å². The Morgan fingerprint density at radius 1 is 0.385 bits per heavy atom. The molecule has 8 aromatic rings. The van der Waals surface area contributed by atoms with Crippen molar-refractivity contribution in [2.45, 2.75) is 29.1 Å². The van der Waals surface area contributed by atoms with Crippen molar-refractivity contribution in [2.24, 2.45) is 0 Å². The molecule has 0 bridgehead atoms. The summed E-state index contributed by atoms with van der Waals surface area (Å²) in [6, 6.07) is 56.3. The van der Waals surface area contributed by atoms with Crippen LogP contribution in [0.25, 0.3) is 56.4 Å². The Hall–Kier alpha value is -6.17. The van der Waals surface area contributed by atoms with Crippen LogP contribution in [-0.2, 0) is 5.41 Å². The molecule has 1 aliphatic carbocycles. The van der Waals surface area contributed by atoms with Gasteiger partial charge in [0.2, 0.25) is 0 Å². The lowest BCUT2D eigenvalue weighted by Gasteiger charge is -2.39. The van der Waals surface area contributed by atoms with Crippen LogP contribution in [0, 0.1) is 13.8 Å². The summed E-state index contributed by atoms with van der Waals surface area (Å²) in [6.07, 6.45) is 0. The van der Waals surface area contributed by atoms with Gasteiger partial charge in [0.05, 0.1) is 5.41 Å². The Morgan fingerprint density at radius 2 is 0.942 bits per heavy atom. The van der Waals surface area contributed by atoms with Crippen molar-refractivity contribution < 1.29 is 0 Å². The van der Waals surface area contributed by atoms with E-state index in [0.29, 0.717) is 17.5 Å². The fourth-order valence-electron chi connectivity index (χ4n) is 8.16. The molecule has 0 saturated heterocycles. The average molecular weight is 685 g/mol. The molecule has 4 nitrogen and oxygen atoms in total. The van der Waals surface area contributed by atoms with Crippen LogP contribution in [0.1, 0.15) is 33.6 Å². The molecule has 0 atom stereocenters. The summed E-state index contributed by atoms with van der Waals surface area (Å²) in [4.78, 5) is 22.7. The second kappa shape index (κ2) is 12.0. The lowest BCUT2D eigenvalue weighted by atomic mass is 9.67. The monoisotopic (exact) mass is 684 g/mol. The SMILES string of the molecule is Cc1ccc(-c2cccc(-c3nc(-c4ccccc4)nc(-c4ccc5c(c4)C4(c6ccccc6S5)c5ccccc5-c5ccccc54)n3)c2)c(C)n1. The number of fused-ring (bicyclic) bond motifs is 9. The van der Waals surface area contributed by atoms with Gasteiger partial charge in [-0.15, -0.1) is 0 Å². The van der Waals surface area contributed by atoms with Crippen molar-refractivity contribution in [1.82, 2.24) is 19.9 Å². The number of hydrogen-bond donors (Lipinski definition) is 0. The van der Waals surface area contributed by atoms with E-state index in [0.717, 1.165) is 39.2 Å². The van der Waals surface area contributed by atoms with Crippen LogP contribution in [0.15, 0.2) is 168 Å². The zero-order valence-electron chi connectivity index (χ0n) is 28.7. The molecule has 5 heteroatoms. The fourth-order valence-corrected chi connectivity index (χ4v) is 9.34. The molecule has 3 heterocycles. The van der Waals surface area contributed by atoms with Crippen LogP contribution in [0.2, 0.25) is 0 Å². The van der Waals surface area contributed by atoms with Crippen LogP contribution in [0.5, 0.6) is 0 Å². The minimum Gasteiger partial charge on any atom is -0.258 e. The van der Waals surface area contributed by atoms with Crippen LogP contribution >= 0.6 is 11.8 Å². The van der Waals surface area contributed by atoms with E-state index in [1.807, 2.05) is 36.9 Å². The average Bonchev–Trinajstić information content (AvgIpc) is 3.49. The van der Waals surface area contributed by atoms with E-state index in [1.165, 1.54) is 43.2 Å². The second-order valence-electron chi connectivity index (χ2n) is 13.5. The van der Waals surface area contributed by atoms with Gasteiger partial charge in [0.15, 0.2) is 17.5 Å². The zero-order valence-corrected chi connectivity index (χ0v) is 29.5. The smallest absolute Gasteiger partial charge is 0.164 e. The highest BCUT2D eigenvalue weighted by molar-refractivity contribution is 7.99. The lowest BCUT2D eigenvalue weighted by Crippen LogP contribution is -2.32. The second-order valence-corrected chi connectivity index (χ2v) is 14.6. The summed E-state index contributed by atoms with van der Waals surface area (Å²) >= 11 is 1.84. The summed E-state index contributed by atoms with van der Waals surface area (Å²) in [5.74, 6) is 1.92. The van der Waals surface area contributed by atoms with Gasteiger partial charge in [-0.25, -0.2) is 15.0 Å². The van der Waals surface area contributed by atoms with Gasteiger partial charge < -0.3 is 0 Å². The Labute approximate surface area is 307 Å². The topological polar surface area (TPSA) is 51.6 Å². The number of benzene rings is 6. The van der Waals surface area contributed by atoms with Gasteiger partial charge in [0, 0.05) is 43.4 Å². The maximum Gasteiger partial charge on any atom is 0.164 e. The molecule has 0 fully saturated rings. The van der Waals surface area contributed by atoms with Crippen LogP contribution in [-0.4, -0.2) is 19.9 Å². The summed E-state index contributed by atoms with van der Waals surface area (Å²) in [6.45, 7) is 4.08. The maximum atomic E-state index is 5.22. The number of nitrogens with zero attached hydrogens (tertiary/aromatic N) is 4. The molecule has 2 aliphatic rings. The Morgan fingerprint density at radius 3 is 1.65 bits per heavy atom. The maximum absolute atomic E-state index is 5.22. The molecule has 0 radical (unpaired) electrons. The predicted molar refractivity (Wildman–Crippen MR) is 210 cm³/mol. The fraction of sp³-hybridized carbons (Fsp3) is 0.0638. The summed E-state index contributed by atoms with van der Waals surface area (Å²) < 4.78 is 0. The predicted octanol–water partition coefficient (Wildman–Crippen LogP) is 11.4. The number of pyridine rings is 1. The van der Waals surface area contributed by atoms with Crippen molar-refractivity contribution in [3.05, 3.63) is 191 Å². The van der Waals surface area contributed by atoms with Gasteiger partial charge >= 0.3 is 0 Å². The molecule has 6 aromatic carbocycles. The molecule has 0 unspecified atom stereocenters. The molecule has 10 rings (SSSR count). The molecule has 0 saturated carbocycles. The van der Waals surface area contributed by atoms with Crippen LogP contribution in [0.3, 0.4) is 0 Å². The Bertz CT molecular complexity index is 2660. The number of aryl methyl sites for hydroxylation is 2. The van der Waals surface area contributed by atoms with Gasteiger partial charge in [-0.1, -0.05) is 139 Å². The quantitative estimate of drug-likeness (QED) is 0.185. The molecule has 52 heavy (non-hydrogen) atoms. The van der Waals surface area contributed by atoms with Gasteiger partial charge in [-0.05, 0) is 83.1 Å². The highest BCUT2D eigenvalue weighted by Gasteiger charge is 2.50. The molecule has 1 spiro atoms. The molecule has 0 N–H and O–H groups in total. The number of aromatic nitrogens is 4. The van der Waals surface area contributed by atoms with Crippen molar-refractivity contribution in [3.63, 3.8) is 0 Å². The number of rotatable bonds is 4. The van der Waals surface area contributed by atoms with Gasteiger partial charge in [0.25, 0.3) is 0 Å². The molecule has 0 amide bonds. The first-order valence-corrected chi connectivity index (χ1v) is 18.4. The highest BCUT2D eigenvalue weighted by atomic mass is 32.2. The minimum absolute atomic E-state index is 0.479. The first kappa shape index (κ1) is 30.6. The number of hydrogen-bond acceptors (Lipinski definition) is 5. The zero-order chi connectivity index (χ0) is 34.8. The Balaban J connectivity index is 1.20. The normalized spacial score (nSPS) is 13.3. The molecular weight excluding hydrogens is 653 g/mol. The summed E-state index contributed by atoms with van der Waals surface area (Å²) in [5, 5.41) is 0. The first-order valence-electron chi connectivity index (χ1n) is 17.6. The van der Waals surface area contributed by atoms with Gasteiger partial charge in [-0.2, -0.15) is 0 Å². The minimum atomic E-state index is -0.479. The van der Waals surface area contributed by atoms with E-state index in [4.69, 9.17) is 19.9 Å². The van der Waals surface area contributed by atoms with Crippen molar-refractivity contribution >= 4 is 11.8 Å². The van der Waals surface area contributed by atoms with E-state index < -0.39 is 5.41 Å². The third-order valence-electron chi connectivity index (χ3n) is 10.4. The Kier molecular flexibility index (Phi) is 7.05. The third-order valence-corrected chi connectivity index (χ3v) is 11.6. The molecular formula is C47H32N4S. The van der Waals surface area contributed by atoms with Crippen LogP contribution < -0.4 is 0 Å². The van der Waals surface area contributed by atoms with E-state index in [2.05, 4.69) is 146 Å². The molecule has 246 valence electrons. The lowest BCUT2D eigenvalue weighted by molar-refractivity contribution is 0.722. The first-order chi connectivity index (χ1) is 25.6. The van der Waals surface area contributed by atoms with Crippen molar-refractivity contribution in [1.29, 1.82) is 0 Å². The molecule has 2 aromatic heterocycles. The van der Waals surface area contributed by atoms with Gasteiger partial charge in [0.1, 0.15) is 0 Å². The van der Waals surface area contributed by atoms with E-state index >= 15 is 0 Å². The van der Waals surface area contributed by atoms with E-state index in [1.54, 1.807) is 0 Å². The summed E-state index contributed by atoms with van der Waals surface area (Å²) in [5.41, 5.74) is 14.3. The standard InChI is InChI=1S/C47H32N4S/c1-29-23-25-35(30(2)48-29)32-15-12-16-33(27-32)45-49-44(31-13-4-3-5-14-31)50-46(51-45)34-24-26-43-41(28-34)47(40-21-10-11-22-42(40)52-43)38-19-8-6-17-36(38)37-18-7-9-20-39(37)47/h3-28H,1-2H3. The highest BCUT2D eigenvalue weighted by Crippen LogP contribution is 2.62. The van der Waals surface area contributed by atoms with E-state index in [9.17, 15) is 0 Å². The van der Waals surface area contributed by atoms with Crippen molar-refractivity contribution in [2.75, 3.05) is 0 Å². The van der Waals surface area contributed by atoms with Crippen molar-refractivity contribution in [3.8, 4) is 56.4 Å². The molecule has 1 aliphatic heterocycles. The third kappa shape index (κ3) is 4.70.